The second-order valence-electron chi connectivity index (χ2n) is 3.89. The molecule has 1 aliphatic rings. The molecule has 0 saturated heterocycles. The topological polar surface area (TPSA) is 0 Å². The third kappa shape index (κ3) is 1.88. The Balaban J connectivity index is 2.48. The highest BCUT2D eigenvalue weighted by Crippen LogP contribution is 2.52. The van der Waals surface area contributed by atoms with Crippen LogP contribution in [0.4, 0.5) is 13.2 Å². The monoisotopic (exact) mass is 166 g/mol. The van der Waals surface area contributed by atoms with Crippen molar-refractivity contribution in [3.63, 3.8) is 0 Å². The second kappa shape index (κ2) is 2.39. The van der Waals surface area contributed by atoms with Gasteiger partial charge in [0, 0.05) is 6.42 Å². The minimum atomic E-state index is -3.98. The van der Waals surface area contributed by atoms with Crippen molar-refractivity contribution in [3.8, 4) is 0 Å². The zero-order valence-electron chi connectivity index (χ0n) is 6.83. The first kappa shape index (κ1) is 8.88. The second-order valence-corrected chi connectivity index (χ2v) is 3.89. The molecular weight excluding hydrogens is 153 g/mol. The molecule has 2 atom stereocenters. The quantitative estimate of drug-likeness (QED) is 0.560. The molecule has 0 spiro atoms. The standard InChI is InChI=1S/C8H13F3/c1-6-3-4-7(6,2)5-8(9,10)11/h6H,3-5H2,1-2H3. The molecule has 1 saturated carbocycles. The fourth-order valence-electron chi connectivity index (χ4n) is 1.65. The van der Waals surface area contributed by atoms with Gasteiger partial charge >= 0.3 is 6.18 Å². The van der Waals surface area contributed by atoms with E-state index in [0.717, 1.165) is 12.8 Å². The van der Waals surface area contributed by atoms with Gasteiger partial charge in [-0.05, 0) is 24.2 Å². The van der Waals surface area contributed by atoms with E-state index < -0.39 is 18.0 Å². The van der Waals surface area contributed by atoms with Gasteiger partial charge in [0.1, 0.15) is 0 Å². The van der Waals surface area contributed by atoms with Gasteiger partial charge in [0.05, 0.1) is 0 Å². The SMILES string of the molecule is CC1CCC1(C)CC(F)(F)F. The predicted molar refractivity (Wildman–Crippen MR) is 37.2 cm³/mol. The summed E-state index contributed by atoms with van der Waals surface area (Å²) >= 11 is 0. The average Bonchev–Trinajstić information content (AvgIpc) is 1.81. The van der Waals surface area contributed by atoms with Crippen molar-refractivity contribution in [2.45, 2.75) is 39.3 Å². The third-order valence-electron chi connectivity index (χ3n) is 2.94. The van der Waals surface area contributed by atoms with Gasteiger partial charge in [-0.25, -0.2) is 0 Å². The van der Waals surface area contributed by atoms with Gasteiger partial charge in [-0.1, -0.05) is 13.8 Å². The lowest BCUT2D eigenvalue weighted by Crippen LogP contribution is -2.39. The Hall–Kier alpha value is -0.210. The van der Waals surface area contributed by atoms with Crippen LogP contribution in [-0.4, -0.2) is 6.18 Å². The number of rotatable bonds is 1. The molecule has 2 unspecified atom stereocenters. The van der Waals surface area contributed by atoms with E-state index in [1.165, 1.54) is 0 Å². The fraction of sp³-hybridized carbons (Fsp3) is 1.00. The molecule has 0 aliphatic heterocycles. The Bertz CT molecular complexity index is 150. The van der Waals surface area contributed by atoms with Crippen LogP contribution in [0.25, 0.3) is 0 Å². The number of hydrogen-bond donors (Lipinski definition) is 0. The van der Waals surface area contributed by atoms with Crippen LogP contribution in [0.1, 0.15) is 33.1 Å². The van der Waals surface area contributed by atoms with Crippen LogP contribution in [0.3, 0.4) is 0 Å². The molecule has 1 fully saturated rings. The Morgan fingerprint density at radius 1 is 1.45 bits per heavy atom. The summed E-state index contributed by atoms with van der Waals surface area (Å²) in [4.78, 5) is 0. The summed E-state index contributed by atoms with van der Waals surface area (Å²) < 4.78 is 35.8. The van der Waals surface area contributed by atoms with Gasteiger partial charge in [-0.2, -0.15) is 13.2 Å². The van der Waals surface area contributed by atoms with Crippen LogP contribution in [0, 0.1) is 11.3 Å². The third-order valence-corrected chi connectivity index (χ3v) is 2.94. The summed E-state index contributed by atoms with van der Waals surface area (Å²) in [5.74, 6) is 0.240. The number of alkyl halides is 3. The van der Waals surface area contributed by atoms with Crippen LogP contribution in [-0.2, 0) is 0 Å². The molecule has 1 rings (SSSR count). The van der Waals surface area contributed by atoms with Crippen molar-refractivity contribution in [3.05, 3.63) is 0 Å². The van der Waals surface area contributed by atoms with Crippen molar-refractivity contribution in [2.24, 2.45) is 11.3 Å². The van der Waals surface area contributed by atoms with Crippen LogP contribution in [0.15, 0.2) is 0 Å². The van der Waals surface area contributed by atoms with E-state index >= 15 is 0 Å². The van der Waals surface area contributed by atoms with Crippen molar-refractivity contribution in [2.75, 3.05) is 0 Å². The van der Waals surface area contributed by atoms with Crippen LogP contribution in [0.2, 0.25) is 0 Å². The molecule has 0 bridgehead atoms. The molecule has 0 aromatic carbocycles. The summed E-state index contributed by atoms with van der Waals surface area (Å²) in [7, 11) is 0. The lowest BCUT2D eigenvalue weighted by molar-refractivity contribution is -0.176. The summed E-state index contributed by atoms with van der Waals surface area (Å²) in [5, 5.41) is 0. The molecule has 11 heavy (non-hydrogen) atoms. The smallest absolute Gasteiger partial charge is 0.171 e. The molecule has 0 nitrogen and oxygen atoms in total. The van der Waals surface area contributed by atoms with Crippen LogP contribution >= 0.6 is 0 Å². The van der Waals surface area contributed by atoms with Crippen molar-refractivity contribution in [1.82, 2.24) is 0 Å². The summed E-state index contributed by atoms with van der Waals surface area (Å²) in [5.41, 5.74) is -0.460. The molecule has 0 aromatic rings. The Kier molecular flexibility index (Phi) is 1.93. The molecule has 1 aliphatic carbocycles. The van der Waals surface area contributed by atoms with E-state index in [1.807, 2.05) is 6.92 Å². The normalized spacial score (nSPS) is 38.5. The summed E-state index contributed by atoms with van der Waals surface area (Å²) in [6.45, 7) is 3.63. The molecule has 0 radical (unpaired) electrons. The van der Waals surface area contributed by atoms with Gasteiger partial charge in [-0.3, -0.25) is 0 Å². The average molecular weight is 166 g/mol. The van der Waals surface area contributed by atoms with Gasteiger partial charge in [0.15, 0.2) is 0 Å². The molecule has 0 heterocycles. The predicted octanol–water partition coefficient (Wildman–Crippen LogP) is 3.38. The van der Waals surface area contributed by atoms with E-state index in [1.54, 1.807) is 6.92 Å². The summed E-state index contributed by atoms with van der Waals surface area (Å²) in [6, 6.07) is 0. The van der Waals surface area contributed by atoms with Crippen molar-refractivity contribution >= 4 is 0 Å². The Labute approximate surface area is 64.8 Å². The maximum atomic E-state index is 11.9. The highest BCUT2D eigenvalue weighted by molar-refractivity contribution is 4.91. The molecule has 3 heteroatoms. The van der Waals surface area contributed by atoms with Gasteiger partial charge in [0.2, 0.25) is 0 Å². The lowest BCUT2D eigenvalue weighted by atomic mass is 9.60. The minimum Gasteiger partial charge on any atom is -0.171 e. The van der Waals surface area contributed by atoms with Gasteiger partial charge in [0.25, 0.3) is 0 Å². The first-order valence-corrected chi connectivity index (χ1v) is 3.90. The fourth-order valence-corrected chi connectivity index (χ4v) is 1.65. The largest absolute Gasteiger partial charge is 0.389 e. The number of hydrogen-bond acceptors (Lipinski definition) is 0. The highest BCUT2D eigenvalue weighted by atomic mass is 19.4. The van der Waals surface area contributed by atoms with E-state index in [9.17, 15) is 13.2 Å². The van der Waals surface area contributed by atoms with Crippen LogP contribution in [0.5, 0.6) is 0 Å². The number of halogens is 3. The van der Waals surface area contributed by atoms with Crippen LogP contribution < -0.4 is 0 Å². The van der Waals surface area contributed by atoms with E-state index in [0.29, 0.717) is 0 Å². The first-order valence-electron chi connectivity index (χ1n) is 3.90. The maximum absolute atomic E-state index is 11.9. The minimum absolute atomic E-state index is 0.240. The van der Waals surface area contributed by atoms with E-state index in [4.69, 9.17) is 0 Å². The van der Waals surface area contributed by atoms with E-state index in [-0.39, 0.29) is 5.92 Å². The Morgan fingerprint density at radius 3 is 2.09 bits per heavy atom. The zero-order valence-corrected chi connectivity index (χ0v) is 6.83. The van der Waals surface area contributed by atoms with Crippen molar-refractivity contribution < 1.29 is 13.2 Å². The molecular formula is C8H13F3. The molecule has 66 valence electrons. The molecule has 0 N–H and O–H groups in total. The lowest BCUT2D eigenvalue weighted by Gasteiger charge is -2.45. The highest BCUT2D eigenvalue weighted by Gasteiger charge is 2.47. The molecule has 0 aromatic heterocycles. The molecule has 0 amide bonds. The van der Waals surface area contributed by atoms with Gasteiger partial charge in [-0.15, -0.1) is 0 Å². The zero-order chi connectivity index (χ0) is 8.70. The van der Waals surface area contributed by atoms with Gasteiger partial charge < -0.3 is 0 Å². The maximum Gasteiger partial charge on any atom is 0.389 e. The van der Waals surface area contributed by atoms with Crippen molar-refractivity contribution in [1.29, 1.82) is 0 Å². The Morgan fingerprint density at radius 2 is 2.00 bits per heavy atom. The van der Waals surface area contributed by atoms with E-state index in [2.05, 4.69) is 0 Å². The first-order chi connectivity index (χ1) is 4.83. The summed E-state index contributed by atoms with van der Waals surface area (Å²) in [6.07, 6.45) is -2.91.